The smallest absolute Gasteiger partial charge is 0.460 e. The molecule has 0 atom stereocenters. The summed E-state index contributed by atoms with van der Waals surface area (Å²) in [5.74, 6) is -17.1. The van der Waals surface area contributed by atoms with Crippen LogP contribution in [0, 0.1) is 5.82 Å². The van der Waals surface area contributed by atoms with E-state index in [-0.39, 0.29) is 41.9 Å². The van der Waals surface area contributed by atoms with Crippen molar-refractivity contribution in [2.75, 3.05) is 14.2 Å². The van der Waals surface area contributed by atoms with Crippen molar-refractivity contribution < 1.29 is 66.0 Å². The largest absolute Gasteiger partial charge is 0.497 e. The summed E-state index contributed by atoms with van der Waals surface area (Å²) in [4.78, 5) is 0. The number of alkyl halides is 9. The summed E-state index contributed by atoms with van der Waals surface area (Å²) in [6, 6.07) is 6.49. The Kier molecular flexibility index (Phi) is 7.86. The summed E-state index contributed by atoms with van der Waals surface area (Å²) in [6.45, 7) is 0. The van der Waals surface area contributed by atoms with Gasteiger partial charge in [0.2, 0.25) is 0 Å². The van der Waals surface area contributed by atoms with Gasteiger partial charge in [0.1, 0.15) is 17.3 Å². The monoisotopic (exact) mass is 596 g/mol. The lowest BCUT2D eigenvalue weighted by molar-refractivity contribution is -0.382. The Morgan fingerprint density at radius 2 is 1.31 bits per heavy atom. The second-order valence-electron chi connectivity index (χ2n) is 8.23. The first-order chi connectivity index (χ1) is 17.8. The molecule has 1 aliphatic carbocycles. The number of hydrogen-bond donors (Lipinski definition) is 0. The molecule has 5 nitrogen and oxygen atoms in total. The van der Waals surface area contributed by atoms with Gasteiger partial charge in [0.25, 0.3) is 0 Å². The molecular weight excluding hydrogens is 578 g/mol. The van der Waals surface area contributed by atoms with Crippen LogP contribution in [0.5, 0.6) is 11.5 Å². The molecule has 0 aromatic heterocycles. The van der Waals surface area contributed by atoms with Crippen molar-refractivity contribution >= 4 is 21.5 Å². The van der Waals surface area contributed by atoms with E-state index in [1.165, 1.54) is 26.4 Å². The zero-order valence-electron chi connectivity index (χ0n) is 19.8. The van der Waals surface area contributed by atoms with Crippen LogP contribution in [0.2, 0.25) is 0 Å². The minimum Gasteiger partial charge on any atom is -0.497 e. The molecule has 0 saturated heterocycles. The minimum absolute atomic E-state index is 0.0120. The van der Waals surface area contributed by atoms with E-state index in [9.17, 15) is 52.3 Å². The average molecular weight is 596 g/mol. The van der Waals surface area contributed by atoms with E-state index >= 15 is 0 Å². The zero-order valence-corrected chi connectivity index (χ0v) is 20.6. The topological polar surface area (TPSA) is 61.8 Å². The first kappa shape index (κ1) is 30.4. The van der Waals surface area contributed by atoms with Gasteiger partial charge in [-0.15, -0.1) is 0 Å². The maximum atomic E-state index is 14.8. The van der Waals surface area contributed by atoms with Crippen molar-refractivity contribution in [3.63, 3.8) is 0 Å². The van der Waals surface area contributed by atoms with Gasteiger partial charge in [0.05, 0.1) is 14.2 Å². The molecule has 2 aromatic carbocycles. The summed E-state index contributed by atoms with van der Waals surface area (Å²) in [5, 5.41) is -7.11. The van der Waals surface area contributed by atoms with Crippen molar-refractivity contribution in [3.05, 3.63) is 58.9 Å². The van der Waals surface area contributed by atoms with Gasteiger partial charge in [-0.3, -0.25) is 0 Å². The molecular formula is C23H18F10O5S. The van der Waals surface area contributed by atoms with E-state index in [1.54, 1.807) is 0 Å². The number of fused-ring (bicyclic) bond motifs is 1. The number of hydrogen-bond acceptors (Lipinski definition) is 5. The number of ether oxygens (including phenoxy) is 2. The van der Waals surface area contributed by atoms with E-state index in [1.807, 2.05) is 0 Å². The highest BCUT2D eigenvalue weighted by Gasteiger charge is 2.86. The summed E-state index contributed by atoms with van der Waals surface area (Å²) >= 11 is 0. The molecule has 0 saturated carbocycles. The van der Waals surface area contributed by atoms with Crippen LogP contribution >= 0.6 is 0 Å². The zero-order chi connectivity index (χ0) is 29.6. The fourth-order valence-corrected chi connectivity index (χ4v) is 4.71. The van der Waals surface area contributed by atoms with Crippen LogP contribution in [0.4, 0.5) is 43.9 Å². The third kappa shape index (κ3) is 5.10. The molecule has 0 bridgehead atoms. The van der Waals surface area contributed by atoms with E-state index in [2.05, 4.69) is 4.18 Å². The molecule has 216 valence electrons. The quantitative estimate of drug-likeness (QED) is 0.247. The Bertz CT molecular complexity index is 1380. The summed E-state index contributed by atoms with van der Waals surface area (Å²) in [6.07, 6.45) is -7.44. The van der Waals surface area contributed by atoms with Crippen LogP contribution in [0.1, 0.15) is 29.5 Å². The van der Waals surface area contributed by atoms with Crippen molar-refractivity contribution in [1.29, 1.82) is 0 Å². The first-order valence-corrected chi connectivity index (χ1v) is 12.1. The molecule has 0 radical (unpaired) electrons. The summed E-state index contributed by atoms with van der Waals surface area (Å²) < 4.78 is 175. The van der Waals surface area contributed by atoms with Gasteiger partial charge in [0.15, 0.2) is 5.76 Å². The SMILES string of the molecule is COc1ccc2c(c1)CCCC(c1cc(OC)ccc1F)=C2OS(=O)(=O)C(F)(F)C(F)(F)C(F)(F)C(F)(F)F. The molecule has 3 rings (SSSR count). The Morgan fingerprint density at radius 3 is 1.87 bits per heavy atom. The van der Waals surface area contributed by atoms with Crippen LogP contribution in [0.25, 0.3) is 11.3 Å². The third-order valence-electron chi connectivity index (χ3n) is 5.83. The molecule has 39 heavy (non-hydrogen) atoms. The lowest BCUT2D eigenvalue weighted by Gasteiger charge is -2.33. The highest BCUT2D eigenvalue weighted by molar-refractivity contribution is 7.88. The van der Waals surface area contributed by atoms with Crippen molar-refractivity contribution in [2.45, 2.75) is 42.5 Å². The maximum absolute atomic E-state index is 14.8. The molecule has 0 unspecified atom stereocenters. The number of allylic oxidation sites excluding steroid dienone is 1. The lowest BCUT2D eigenvalue weighted by atomic mass is 9.98. The molecule has 0 N–H and O–H groups in total. The van der Waals surface area contributed by atoms with E-state index < -0.39 is 56.1 Å². The fourth-order valence-electron chi connectivity index (χ4n) is 3.75. The lowest BCUT2D eigenvalue weighted by Crippen LogP contribution is -2.63. The fraction of sp³-hybridized carbons (Fsp3) is 0.391. The standard InChI is InChI=1S/C23H18F10O5S/c1-36-13-6-8-15-12(10-13)4-3-5-16(17-11-14(37-2)7-9-18(17)24)19(15)38-39(34,35)23(32,33)21(27,28)20(25,26)22(29,30)31/h6-11H,3-5H2,1-2H3. The molecule has 16 heteroatoms. The van der Waals surface area contributed by atoms with Gasteiger partial charge in [0, 0.05) is 16.7 Å². The van der Waals surface area contributed by atoms with Gasteiger partial charge in [-0.25, -0.2) is 4.39 Å². The van der Waals surface area contributed by atoms with Gasteiger partial charge >= 0.3 is 33.4 Å². The van der Waals surface area contributed by atoms with E-state index in [0.717, 1.165) is 24.3 Å². The molecule has 0 heterocycles. The van der Waals surface area contributed by atoms with Crippen molar-refractivity contribution in [3.8, 4) is 11.5 Å². The Balaban J connectivity index is 2.30. The molecule has 0 spiro atoms. The molecule has 0 fully saturated rings. The number of aryl methyl sites for hydroxylation is 1. The molecule has 0 amide bonds. The van der Waals surface area contributed by atoms with Gasteiger partial charge in [-0.1, -0.05) is 0 Å². The Labute approximate surface area is 215 Å². The number of benzene rings is 2. The predicted molar refractivity (Wildman–Crippen MR) is 117 cm³/mol. The second-order valence-corrected chi connectivity index (χ2v) is 9.82. The van der Waals surface area contributed by atoms with Crippen LogP contribution in [0.15, 0.2) is 36.4 Å². The number of halogens is 10. The number of methoxy groups -OCH3 is 2. The average Bonchev–Trinajstić information content (AvgIpc) is 3.01. The normalized spacial score (nSPS) is 15.5. The van der Waals surface area contributed by atoms with Gasteiger partial charge < -0.3 is 13.7 Å². The van der Waals surface area contributed by atoms with Gasteiger partial charge in [-0.2, -0.15) is 47.9 Å². The third-order valence-corrected chi connectivity index (χ3v) is 7.10. The highest BCUT2D eigenvalue weighted by Crippen LogP contribution is 2.55. The molecule has 0 aliphatic heterocycles. The summed E-state index contributed by atoms with van der Waals surface area (Å²) in [5.41, 5.74) is -1.20. The van der Waals surface area contributed by atoms with E-state index in [0.29, 0.717) is 0 Å². The van der Waals surface area contributed by atoms with Crippen molar-refractivity contribution in [1.82, 2.24) is 0 Å². The predicted octanol–water partition coefficient (Wildman–Crippen LogP) is 6.82. The molecule has 2 aromatic rings. The maximum Gasteiger partial charge on any atom is 0.460 e. The Morgan fingerprint density at radius 1 is 0.744 bits per heavy atom. The van der Waals surface area contributed by atoms with Crippen LogP contribution in [-0.2, 0) is 20.7 Å². The van der Waals surface area contributed by atoms with Crippen LogP contribution in [0.3, 0.4) is 0 Å². The van der Waals surface area contributed by atoms with Crippen LogP contribution in [-0.4, -0.2) is 45.9 Å². The van der Waals surface area contributed by atoms with Crippen molar-refractivity contribution in [2.24, 2.45) is 0 Å². The number of rotatable bonds is 8. The Hall–Kier alpha value is -3.17. The van der Waals surface area contributed by atoms with Gasteiger partial charge in [-0.05, 0) is 61.2 Å². The second kappa shape index (κ2) is 10.1. The van der Waals surface area contributed by atoms with E-state index in [4.69, 9.17) is 9.47 Å². The molecule has 1 aliphatic rings. The van der Waals surface area contributed by atoms with Crippen LogP contribution < -0.4 is 9.47 Å². The first-order valence-electron chi connectivity index (χ1n) is 10.7. The highest BCUT2D eigenvalue weighted by atomic mass is 32.2. The minimum atomic E-state index is -7.51. The summed E-state index contributed by atoms with van der Waals surface area (Å²) in [7, 11) is -4.89.